The molecule has 0 unspecified atom stereocenters. The second kappa shape index (κ2) is 10.4. The summed E-state index contributed by atoms with van der Waals surface area (Å²) >= 11 is 0. The lowest BCUT2D eigenvalue weighted by atomic mass is 10.1. The van der Waals surface area contributed by atoms with Gasteiger partial charge in [0.1, 0.15) is 5.75 Å². The summed E-state index contributed by atoms with van der Waals surface area (Å²) in [6.45, 7) is 6.68. The molecule has 0 bridgehead atoms. The van der Waals surface area contributed by atoms with Crippen molar-refractivity contribution in [2.24, 2.45) is 11.0 Å². The van der Waals surface area contributed by atoms with Gasteiger partial charge in [0, 0.05) is 5.56 Å². The van der Waals surface area contributed by atoms with Crippen LogP contribution >= 0.6 is 0 Å². The van der Waals surface area contributed by atoms with Gasteiger partial charge in [0.2, 0.25) is 5.75 Å². The molecule has 0 aliphatic carbocycles. The number of carbonyl (C=O) groups excluding carboxylic acids is 1. The summed E-state index contributed by atoms with van der Waals surface area (Å²) in [5, 5.41) is 4.19. The molecule has 0 fully saturated rings. The molecule has 0 aromatic heterocycles. The van der Waals surface area contributed by atoms with Crippen molar-refractivity contribution < 1.29 is 23.7 Å². The quantitative estimate of drug-likeness (QED) is 0.510. The second-order valence-corrected chi connectivity index (χ2v) is 6.78. The fourth-order valence-electron chi connectivity index (χ4n) is 2.53. The van der Waals surface area contributed by atoms with E-state index in [-0.39, 0.29) is 5.91 Å². The van der Waals surface area contributed by atoms with Gasteiger partial charge in [-0.3, -0.25) is 4.79 Å². The van der Waals surface area contributed by atoms with Crippen molar-refractivity contribution in [3.63, 3.8) is 0 Å². The minimum Gasteiger partial charge on any atom is -0.493 e. The number of methoxy groups -OCH3 is 3. The van der Waals surface area contributed by atoms with Crippen LogP contribution in [0.25, 0.3) is 0 Å². The van der Waals surface area contributed by atoms with Crippen LogP contribution in [-0.4, -0.2) is 39.6 Å². The topological polar surface area (TPSA) is 78.4 Å². The minimum absolute atomic E-state index is 0.341. The molecular formula is C22H28N2O5. The van der Waals surface area contributed by atoms with Gasteiger partial charge in [-0.15, -0.1) is 0 Å². The van der Waals surface area contributed by atoms with E-state index in [1.54, 1.807) is 12.1 Å². The van der Waals surface area contributed by atoms with Gasteiger partial charge in [-0.25, -0.2) is 5.43 Å². The van der Waals surface area contributed by atoms with Crippen LogP contribution in [0, 0.1) is 5.92 Å². The Morgan fingerprint density at radius 2 is 1.55 bits per heavy atom. The van der Waals surface area contributed by atoms with Gasteiger partial charge in [-0.05, 0) is 54.8 Å². The summed E-state index contributed by atoms with van der Waals surface area (Å²) in [5.74, 6) is 2.09. The van der Waals surface area contributed by atoms with Gasteiger partial charge in [-0.2, -0.15) is 5.10 Å². The first-order chi connectivity index (χ1) is 13.9. The fraction of sp³-hybridized carbons (Fsp3) is 0.364. The predicted octanol–water partition coefficient (Wildman–Crippen LogP) is 3.90. The third kappa shape index (κ3) is 5.88. The van der Waals surface area contributed by atoms with Gasteiger partial charge in [0.05, 0.1) is 33.6 Å². The van der Waals surface area contributed by atoms with Gasteiger partial charge < -0.3 is 18.9 Å². The molecule has 0 saturated heterocycles. The summed E-state index contributed by atoms with van der Waals surface area (Å²) in [7, 11) is 4.50. The Labute approximate surface area is 171 Å². The van der Waals surface area contributed by atoms with Crippen molar-refractivity contribution in [3.8, 4) is 23.0 Å². The Hall–Kier alpha value is -3.22. The minimum atomic E-state index is -0.388. The molecule has 1 amide bonds. The van der Waals surface area contributed by atoms with E-state index in [0.29, 0.717) is 41.0 Å². The Kier molecular flexibility index (Phi) is 7.88. The van der Waals surface area contributed by atoms with E-state index in [2.05, 4.69) is 24.4 Å². The second-order valence-electron chi connectivity index (χ2n) is 6.78. The van der Waals surface area contributed by atoms with E-state index in [0.717, 1.165) is 11.3 Å². The van der Waals surface area contributed by atoms with Gasteiger partial charge >= 0.3 is 0 Å². The molecule has 0 heterocycles. The maximum atomic E-state index is 12.5. The lowest BCUT2D eigenvalue weighted by Crippen LogP contribution is -2.19. The Morgan fingerprint density at radius 1 is 0.966 bits per heavy atom. The zero-order chi connectivity index (χ0) is 21.4. The lowest BCUT2D eigenvalue weighted by Gasteiger charge is -2.13. The highest BCUT2D eigenvalue weighted by Crippen LogP contribution is 2.38. The summed E-state index contributed by atoms with van der Waals surface area (Å²) < 4.78 is 21.5. The first kappa shape index (κ1) is 22.1. The molecule has 2 aromatic rings. The summed E-state index contributed by atoms with van der Waals surface area (Å²) in [4.78, 5) is 12.5. The summed E-state index contributed by atoms with van der Waals surface area (Å²) in [6, 6.07) is 10.7. The maximum absolute atomic E-state index is 12.5. The van der Waals surface area contributed by atoms with E-state index in [9.17, 15) is 4.79 Å². The number of rotatable bonds is 9. The number of benzene rings is 2. The van der Waals surface area contributed by atoms with E-state index >= 15 is 0 Å². The Bertz CT molecular complexity index is 835. The molecule has 0 spiro atoms. The molecule has 156 valence electrons. The molecule has 0 saturated carbocycles. The van der Waals surface area contributed by atoms with E-state index in [1.165, 1.54) is 21.3 Å². The van der Waals surface area contributed by atoms with Crippen LogP contribution in [0.3, 0.4) is 0 Å². The molecule has 29 heavy (non-hydrogen) atoms. The number of nitrogens with one attached hydrogen (secondary N) is 1. The standard InChI is InChI=1S/C22H28N2O5/c1-14(2)13-29-18-9-7-16(8-10-18)15(3)23-24-22(25)17-11-19(26-4)21(28-6)20(12-17)27-5/h7-12,14H,13H2,1-6H3,(H,24,25)/b23-15-. The molecule has 7 nitrogen and oxygen atoms in total. The fourth-order valence-corrected chi connectivity index (χ4v) is 2.53. The molecule has 2 rings (SSSR count). The summed E-state index contributed by atoms with van der Waals surface area (Å²) in [6.07, 6.45) is 0. The number of hydrogen-bond donors (Lipinski definition) is 1. The molecule has 0 atom stereocenters. The molecular weight excluding hydrogens is 372 g/mol. The smallest absolute Gasteiger partial charge is 0.271 e. The van der Waals surface area contributed by atoms with Crippen LogP contribution in [0.2, 0.25) is 0 Å². The van der Waals surface area contributed by atoms with Crippen molar-refractivity contribution in [2.75, 3.05) is 27.9 Å². The lowest BCUT2D eigenvalue weighted by molar-refractivity contribution is 0.0954. The number of carbonyl (C=O) groups is 1. The normalized spacial score (nSPS) is 11.2. The van der Waals surface area contributed by atoms with Crippen molar-refractivity contribution >= 4 is 11.6 Å². The van der Waals surface area contributed by atoms with Crippen LogP contribution in [0.1, 0.15) is 36.7 Å². The van der Waals surface area contributed by atoms with Gasteiger partial charge in [0.15, 0.2) is 11.5 Å². The number of hydrogen-bond acceptors (Lipinski definition) is 6. The zero-order valence-electron chi connectivity index (χ0n) is 17.7. The van der Waals surface area contributed by atoms with E-state index in [1.807, 2.05) is 31.2 Å². The largest absolute Gasteiger partial charge is 0.493 e. The van der Waals surface area contributed by atoms with Crippen LogP contribution in [-0.2, 0) is 0 Å². The average molecular weight is 400 g/mol. The van der Waals surface area contributed by atoms with Crippen molar-refractivity contribution in [1.29, 1.82) is 0 Å². The first-order valence-electron chi connectivity index (χ1n) is 9.27. The SMILES string of the molecule is COc1cc(C(=O)N/N=C(/C)c2ccc(OCC(C)C)cc2)cc(OC)c1OC. The van der Waals surface area contributed by atoms with E-state index < -0.39 is 0 Å². The van der Waals surface area contributed by atoms with Crippen molar-refractivity contribution in [2.45, 2.75) is 20.8 Å². The monoisotopic (exact) mass is 400 g/mol. The van der Waals surface area contributed by atoms with Crippen LogP contribution in [0.15, 0.2) is 41.5 Å². The first-order valence-corrected chi connectivity index (χ1v) is 9.27. The number of nitrogens with zero attached hydrogens (tertiary/aromatic N) is 1. The molecule has 0 radical (unpaired) electrons. The molecule has 0 aliphatic rings. The van der Waals surface area contributed by atoms with Gasteiger partial charge in [-0.1, -0.05) is 13.8 Å². The third-order valence-electron chi connectivity index (χ3n) is 4.11. The average Bonchev–Trinajstić information content (AvgIpc) is 2.74. The third-order valence-corrected chi connectivity index (χ3v) is 4.11. The van der Waals surface area contributed by atoms with Crippen LogP contribution in [0.4, 0.5) is 0 Å². The van der Waals surface area contributed by atoms with Crippen molar-refractivity contribution in [3.05, 3.63) is 47.5 Å². The van der Waals surface area contributed by atoms with Crippen molar-refractivity contribution in [1.82, 2.24) is 5.43 Å². The predicted molar refractivity (Wildman–Crippen MR) is 113 cm³/mol. The zero-order valence-corrected chi connectivity index (χ0v) is 17.7. The highest BCUT2D eigenvalue weighted by molar-refractivity contribution is 6.01. The molecule has 2 aromatic carbocycles. The summed E-state index contributed by atoms with van der Waals surface area (Å²) in [5.41, 5.74) is 4.45. The number of amides is 1. The van der Waals surface area contributed by atoms with Gasteiger partial charge in [0.25, 0.3) is 5.91 Å². The van der Waals surface area contributed by atoms with Crippen LogP contribution < -0.4 is 24.4 Å². The molecule has 7 heteroatoms. The Morgan fingerprint density at radius 3 is 2.03 bits per heavy atom. The molecule has 0 aliphatic heterocycles. The number of hydrazone groups is 1. The highest BCUT2D eigenvalue weighted by atomic mass is 16.5. The Balaban J connectivity index is 2.11. The number of ether oxygens (including phenoxy) is 4. The maximum Gasteiger partial charge on any atom is 0.271 e. The van der Waals surface area contributed by atoms with E-state index in [4.69, 9.17) is 18.9 Å². The molecule has 1 N–H and O–H groups in total. The highest BCUT2D eigenvalue weighted by Gasteiger charge is 2.16. The van der Waals surface area contributed by atoms with Crippen LogP contribution in [0.5, 0.6) is 23.0 Å².